The first-order chi connectivity index (χ1) is 9.67. The number of allylic oxidation sites excluding steroid dienone is 8. The van der Waals surface area contributed by atoms with Crippen molar-refractivity contribution in [1.82, 2.24) is 0 Å². The molecule has 0 atom stereocenters. The van der Waals surface area contributed by atoms with Crippen molar-refractivity contribution < 1.29 is 0 Å². The molecule has 0 unspecified atom stereocenters. The van der Waals surface area contributed by atoms with E-state index in [1.165, 1.54) is 38.7 Å². The zero-order valence-electron chi connectivity index (χ0n) is 12.0. The van der Waals surface area contributed by atoms with Crippen LogP contribution in [-0.2, 0) is 0 Å². The summed E-state index contributed by atoms with van der Waals surface area (Å²) >= 11 is 0. The molecule has 0 saturated heterocycles. The maximum atomic E-state index is 3.92. The third-order valence-electron chi connectivity index (χ3n) is 4.20. The van der Waals surface area contributed by atoms with Crippen LogP contribution >= 0.6 is 0 Å². The topological polar surface area (TPSA) is 0 Å². The molecule has 2 heteroatoms. The summed E-state index contributed by atoms with van der Waals surface area (Å²) in [6, 6.07) is 8.55. The third kappa shape index (κ3) is 1.79. The predicted octanol–water partition coefficient (Wildman–Crippen LogP) is 3.38. The van der Waals surface area contributed by atoms with Crippen LogP contribution in [0.4, 0.5) is 0 Å². The second-order valence-electron chi connectivity index (χ2n) is 5.23. The average molecular weight is 254 g/mol. The molecule has 20 heavy (non-hydrogen) atoms. The van der Waals surface area contributed by atoms with Gasteiger partial charge in [-0.05, 0) is 25.0 Å². The van der Waals surface area contributed by atoms with Crippen LogP contribution in [0.2, 0.25) is 0 Å². The number of hydrogen-bond acceptors (Lipinski definition) is 0. The summed E-state index contributed by atoms with van der Waals surface area (Å²) in [6.07, 6.45) is 3.83. The Hall–Kier alpha value is -1.95. The van der Waals surface area contributed by atoms with Gasteiger partial charge in [0.15, 0.2) is 14.6 Å². The molecule has 0 amide bonds. The summed E-state index contributed by atoms with van der Waals surface area (Å²) in [5.74, 6) is 0. The molecule has 0 aromatic heterocycles. The van der Waals surface area contributed by atoms with E-state index in [9.17, 15) is 0 Å². The van der Waals surface area contributed by atoms with Crippen molar-refractivity contribution in [1.29, 1.82) is 0 Å². The first-order valence-electron chi connectivity index (χ1n) is 6.88. The zero-order chi connectivity index (χ0) is 14.3. The van der Waals surface area contributed by atoms with Crippen molar-refractivity contribution >= 4 is 25.6 Å². The Balaban J connectivity index is 2.06. The van der Waals surface area contributed by atoms with Gasteiger partial charge in [0.05, 0.1) is 0 Å². The van der Waals surface area contributed by atoms with Crippen LogP contribution in [0.15, 0.2) is 77.1 Å². The molecule has 2 aliphatic rings. The van der Waals surface area contributed by atoms with Crippen LogP contribution in [0.1, 0.15) is 19.4 Å². The largest absolute Gasteiger partial charge is 0.191 e. The number of rotatable bonds is 3. The molecule has 0 N–H and O–H groups in total. The lowest BCUT2D eigenvalue weighted by Gasteiger charge is -2.08. The van der Waals surface area contributed by atoms with E-state index in [-0.39, 0.29) is 0 Å². The summed E-state index contributed by atoms with van der Waals surface area (Å²) in [4.78, 5) is 0. The Morgan fingerprint density at radius 1 is 0.900 bits per heavy atom. The van der Waals surface area contributed by atoms with Gasteiger partial charge in [-0.3, -0.25) is 0 Å². The molecule has 0 fully saturated rings. The highest BCUT2D eigenvalue weighted by Gasteiger charge is 2.27. The van der Waals surface area contributed by atoms with Gasteiger partial charge in [-0.2, -0.15) is 0 Å². The fraction of sp³-hybridized carbons (Fsp3) is 0.111. The van der Waals surface area contributed by atoms with Crippen molar-refractivity contribution in [2.45, 2.75) is 13.8 Å². The standard InChI is InChI=1S/C18H16B2/c1-5-13-11(3)17(19-15(13)6-2)18-12(4)14-9-7-8-10-16(14)20-18/h5-10H,1-2H2,3-4H3. The first kappa shape index (κ1) is 13.1. The van der Waals surface area contributed by atoms with Crippen molar-refractivity contribution in [2.75, 3.05) is 0 Å². The van der Waals surface area contributed by atoms with Crippen LogP contribution in [0.3, 0.4) is 0 Å². The van der Waals surface area contributed by atoms with E-state index in [0.29, 0.717) is 0 Å². The Kier molecular flexibility index (Phi) is 3.17. The van der Waals surface area contributed by atoms with Crippen LogP contribution in [0.5, 0.6) is 0 Å². The number of fused-ring (bicyclic) bond motifs is 1. The van der Waals surface area contributed by atoms with E-state index in [1.807, 2.05) is 12.2 Å². The second kappa shape index (κ2) is 4.86. The fourth-order valence-corrected chi connectivity index (χ4v) is 3.08. The summed E-state index contributed by atoms with van der Waals surface area (Å²) < 4.78 is 0. The van der Waals surface area contributed by atoms with Gasteiger partial charge < -0.3 is 0 Å². The SMILES string of the molecule is C=CC1=C(C=C)C(C)=C(C2=C(C)c3ccccc3[B]2)[B]1. The summed E-state index contributed by atoms with van der Waals surface area (Å²) in [6.45, 7) is 12.2. The monoisotopic (exact) mass is 254 g/mol. The highest BCUT2D eigenvalue weighted by atomic mass is 14.2. The second-order valence-corrected chi connectivity index (χ2v) is 5.23. The van der Waals surface area contributed by atoms with Gasteiger partial charge in [0.1, 0.15) is 0 Å². The minimum Gasteiger partial charge on any atom is -0.0996 e. The molecular weight excluding hydrogens is 238 g/mol. The Bertz CT molecular complexity index is 715. The van der Waals surface area contributed by atoms with E-state index in [2.05, 4.69) is 65.8 Å². The maximum Gasteiger partial charge on any atom is 0.191 e. The highest BCUT2D eigenvalue weighted by Crippen LogP contribution is 2.36. The molecule has 1 aromatic rings. The predicted molar refractivity (Wildman–Crippen MR) is 90.3 cm³/mol. The molecule has 0 saturated carbocycles. The van der Waals surface area contributed by atoms with Gasteiger partial charge in [0.25, 0.3) is 0 Å². The van der Waals surface area contributed by atoms with Gasteiger partial charge in [-0.25, -0.2) is 0 Å². The van der Waals surface area contributed by atoms with E-state index in [4.69, 9.17) is 0 Å². The molecule has 0 nitrogen and oxygen atoms in total. The smallest absolute Gasteiger partial charge is 0.0996 e. The minimum atomic E-state index is 1.16. The molecule has 0 bridgehead atoms. The van der Waals surface area contributed by atoms with Crippen molar-refractivity contribution in [2.24, 2.45) is 0 Å². The molecule has 2 aliphatic heterocycles. The van der Waals surface area contributed by atoms with Crippen LogP contribution < -0.4 is 5.46 Å². The van der Waals surface area contributed by atoms with Gasteiger partial charge in [-0.1, -0.05) is 82.6 Å². The highest BCUT2D eigenvalue weighted by molar-refractivity contribution is 6.73. The van der Waals surface area contributed by atoms with E-state index in [0.717, 1.165) is 5.47 Å². The van der Waals surface area contributed by atoms with Crippen LogP contribution in [0, 0.1) is 0 Å². The van der Waals surface area contributed by atoms with E-state index in [1.54, 1.807) is 0 Å². The van der Waals surface area contributed by atoms with Crippen LogP contribution in [0.25, 0.3) is 5.57 Å². The van der Waals surface area contributed by atoms with Gasteiger partial charge in [-0.15, -0.1) is 0 Å². The average Bonchev–Trinajstić information content (AvgIpc) is 2.97. The number of hydrogen-bond donors (Lipinski definition) is 0. The van der Waals surface area contributed by atoms with Crippen molar-refractivity contribution in [3.8, 4) is 0 Å². The summed E-state index contributed by atoms with van der Waals surface area (Å²) in [5, 5.41) is 0. The lowest BCUT2D eigenvalue weighted by atomic mass is 9.53. The lowest BCUT2D eigenvalue weighted by molar-refractivity contribution is 1.42. The van der Waals surface area contributed by atoms with Crippen molar-refractivity contribution in [3.63, 3.8) is 0 Å². The lowest BCUT2D eigenvalue weighted by Crippen LogP contribution is -2.15. The number of benzene rings is 1. The van der Waals surface area contributed by atoms with E-state index >= 15 is 0 Å². The summed E-state index contributed by atoms with van der Waals surface area (Å²) in [5.41, 5.74) is 10.2. The molecule has 3 rings (SSSR count). The molecule has 94 valence electrons. The zero-order valence-corrected chi connectivity index (χ0v) is 12.0. The molecule has 0 aliphatic carbocycles. The first-order valence-corrected chi connectivity index (χ1v) is 6.88. The minimum absolute atomic E-state index is 1.16. The normalized spacial score (nSPS) is 17.1. The Morgan fingerprint density at radius 3 is 2.20 bits per heavy atom. The molecule has 2 radical (unpaired) electrons. The Labute approximate surface area is 122 Å². The van der Waals surface area contributed by atoms with E-state index < -0.39 is 0 Å². The van der Waals surface area contributed by atoms with Gasteiger partial charge >= 0.3 is 0 Å². The third-order valence-corrected chi connectivity index (χ3v) is 4.20. The van der Waals surface area contributed by atoms with Gasteiger partial charge in [0.2, 0.25) is 0 Å². The quantitative estimate of drug-likeness (QED) is 0.725. The molecule has 1 aromatic carbocycles. The summed E-state index contributed by atoms with van der Waals surface area (Å²) in [7, 11) is 4.51. The maximum absolute atomic E-state index is 3.92. The molecular formula is C18H16B2. The molecule has 2 heterocycles. The Morgan fingerprint density at radius 2 is 1.60 bits per heavy atom. The molecule has 0 spiro atoms. The van der Waals surface area contributed by atoms with Gasteiger partial charge in [0, 0.05) is 0 Å². The van der Waals surface area contributed by atoms with Crippen LogP contribution in [-0.4, -0.2) is 14.6 Å². The van der Waals surface area contributed by atoms with Crippen molar-refractivity contribution in [3.05, 3.63) is 82.7 Å². The fourth-order valence-electron chi connectivity index (χ4n) is 3.08.